The van der Waals surface area contributed by atoms with Crippen molar-refractivity contribution in [1.82, 2.24) is 20.0 Å². The van der Waals surface area contributed by atoms with Crippen LogP contribution < -0.4 is 10.2 Å². The Morgan fingerprint density at radius 1 is 1.03 bits per heavy atom. The second kappa shape index (κ2) is 10.4. The number of anilines is 1. The Morgan fingerprint density at radius 3 is 2.35 bits per heavy atom. The lowest BCUT2D eigenvalue weighted by atomic mass is 9.84. The van der Waals surface area contributed by atoms with Gasteiger partial charge in [-0.05, 0) is 37.5 Å². The molecule has 1 aromatic rings. The van der Waals surface area contributed by atoms with Gasteiger partial charge in [-0.25, -0.2) is 0 Å². The van der Waals surface area contributed by atoms with E-state index < -0.39 is 0 Å². The van der Waals surface area contributed by atoms with Gasteiger partial charge in [-0.3, -0.25) is 14.7 Å². The minimum absolute atomic E-state index is 0.322. The predicted molar refractivity (Wildman–Crippen MR) is 127 cm³/mol. The van der Waals surface area contributed by atoms with Gasteiger partial charge in [0.1, 0.15) is 0 Å². The van der Waals surface area contributed by atoms with Crippen molar-refractivity contribution in [2.45, 2.75) is 26.2 Å². The first kappa shape index (κ1) is 21.9. The molecule has 2 heterocycles. The molecule has 0 radical (unpaired) electrons. The van der Waals surface area contributed by atoms with E-state index in [-0.39, 0.29) is 0 Å². The summed E-state index contributed by atoms with van der Waals surface area (Å²) >= 11 is 0. The largest absolute Gasteiger partial charge is 0.368 e. The second-order valence-corrected chi connectivity index (χ2v) is 9.08. The number of guanidine groups is 1. The lowest BCUT2D eigenvalue weighted by Gasteiger charge is -2.39. The number of hydrogen-bond donors (Lipinski definition) is 1. The van der Waals surface area contributed by atoms with Crippen LogP contribution in [0.4, 0.5) is 5.69 Å². The third-order valence-corrected chi connectivity index (χ3v) is 7.01. The van der Waals surface area contributed by atoms with E-state index in [1.165, 1.54) is 17.7 Å². The number of nitrogens with zero attached hydrogens (tertiary/aromatic N) is 5. The summed E-state index contributed by atoms with van der Waals surface area (Å²) in [5.74, 6) is 1.72. The van der Waals surface area contributed by atoms with Crippen molar-refractivity contribution in [3.63, 3.8) is 0 Å². The van der Waals surface area contributed by atoms with Crippen LogP contribution >= 0.6 is 0 Å². The van der Waals surface area contributed by atoms with Crippen molar-refractivity contribution in [3.05, 3.63) is 29.8 Å². The highest BCUT2D eigenvalue weighted by molar-refractivity contribution is 5.80. The number of carbonyl (C=O) groups is 1. The first-order chi connectivity index (χ1) is 15.1. The summed E-state index contributed by atoms with van der Waals surface area (Å²) in [7, 11) is 1.88. The molecule has 0 bridgehead atoms. The number of nitrogens with one attached hydrogen (secondary N) is 1. The lowest BCUT2D eigenvalue weighted by molar-refractivity contribution is -0.139. The van der Waals surface area contributed by atoms with Crippen molar-refractivity contribution in [3.8, 4) is 0 Å². The fraction of sp³-hybridized carbons (Fsp3) is 0.667. The Labute approximate surface area is 187 Å². The van der Waals surface area contributed by atoms with E-state index in [0.717, 1.165) is 84.2 Å². The van der Waals surface area contributed by atoms with Crippen molar-refractivity contribution >= 4 is 17.6 Å². The molecule has 3 aliphatic rings. The summed E-state index contributed by atoms with van der Waals surface area (Å²) in [4.78, 5) is 26.3. The molecule has 3 fully saturated rings. The number of aliphatic imine (C=N–C) groups is 1. The van der Waals surface area contributed by atoms with Crippen molar-refractivity contribution in [2.75, 3.05) is 77.4 Å². The monoisotopic (exact) mass is 426 g/mol. The maximum Gasteiger partial charge on any atom is 0.225 e. The van der Waals surface area contributed by atoms with Gasteiger partial charge in [-0.1, -0.05) is 18.6 Å². The zero-order valence-corrected chi connectivity index (χ0v) is 19.2. The maximum atomic E-state index is 12.4. The van der Waals surface area contributed by atoms with Crippen molar-refractivity contribution in [1.29, 1.82) is 0 Å². The Kier molecular flexibility index (Phi) is 7.33. The molecule has 0 unspecified atom stereocenters. The molecule has 31 heavy (non-hydrogen) atoms. The minimum atomic E-state index is 0.322. The number of hydrogen-bond acceptors (Lipinski definition) is 4. The average molecular weight is 427 g/mol. The van der Waals surface area contributed by atoms with Gasteiger partial charge in [0.25, 0.3) is 0 Å². The number of benzene rings is 1. The normalized spacial score (nSPS) is 21.2. The molecule has 4 rings (SSSR count). The number of amides is 1. The second-order valence-electron chi connectivity index (χ2n) is 9.08. The Morgan fingerprint density at radius 2 is 1.74 bits per heavy atom. The van der Waals surface area contributed by atoms with Crippen LogP contribution in [0.5, 0.6) is 0 Å². The molecule has 1 saturated carbocycles. The Balaban J connectivity index is 1.16. The number of aryl methyl sites for hydroxylation is 1. The van der Waals surface area contributed by atoms with E-state index in [2.05, 4.69) is 61.1 Å². The van der Waals surface area contributed by atoms with Gasteiger partial charge >= 0.3 is 0 Å². The summed E-state index contributed by atoms with van der Waals surface area (Å²) in [6.07, 6.45) is 3.42. The molecule has 170 valence electrons. The Bertz CT molecular complexity index is 761. The van der Waals surface area contributed by atoms with Gasteiger partial charge in [0.2, 0.25) is 5.91 Å². The summed E-state index contributed by atoms with van der Waals surface area (Å²) in [6, 6.07) is 8.76. The van der Waals surface area contributed by atoms with Crippen LogP contribution in [0.2, 0.25) is 0 Å². The number of piperazine rings is 2. The van der Waals surface area contributed by atoms with E-state index in [9.17, 15) is 4.79 Å². The molecule has 2 aliphatic heterocycles. The van der Waals surface area contributed by atoms with Crippen LogP contribution in [0, 0.1) is 12.8 Å². The quantitative estimate of drug-likeness (QED) is 0.573. The fourth-order valence-electron chi connectivity index (χ4n) is 4.76. The highest BCUT2D eigenvalue weighted by atomic mass is 16.2. The van der Waals surface area contributed by atoms with E-state index >= 15 is 0 Å². The zero-order chi connectivity index (χ0) is 21.6. The van der Waals surface area contributed by atoms with Crippen LogP contribution in [-0.4, -0.2) is 99.1 Å². The molecule has 7 nitrogen and oxygen atoms in total. The first-order valence-corrected chi connectivity index (χ1v) is 11.9. The van der Waals surface area contributed by atoms with Gasteiger partial charge < -0.3 is 20.0 Å². The molecule has 2 saturated heterocycles. The molecule has 0 aromatic heterocycles. The van der Waals surface area contributed by atoms with Gasteiger partial charge in [0.15, 0.2) is 5.96 Å². The van der Waals surface area contributed by atoms with Crippen LogP contribution in [0.15, 0.2) is 29.3 Å². The van der Waals surface area contributed by atoms with Crippen molar-refractivity contribution < 1.29 is 4.79 Å². The molecule has 0 atom stereocenters. The third kappa shape index (κ3) is 5.50. The van der Waals surface area contributed by atoms with E-state index in [0.29, 0.717) is 11.8 Å². The standard InChI is InChI=1S/C24H38N6O/c1-20-5-3-8-22(19-20)28-15-17-30(18-16-28)24(25-2)26-9-10-27-11-13-29(14-12-27)23(31)21-6-4-7-21/h3,5,8,19,21H,4,6-7,9-18H2,1-2H3,(H,25,26). The van der Waals surface area contributed by atoms with Crippen molar-refractivity contribution in [2.24, 2.45) is 10.9 Å². The molecule has 7 heteroatoms. The van der Waals surface area contributed by atoms with E-state index in [4.69, 9.17) is 0 Å². The van der Waals surface area contributed by atoms with Crippen LogP contribution in [0.3, 0.4) is 0 Å². The lowest BCUT2D eigenvalue weighted by Crippen LogP contribution is -2.54. The number of rotatable bonds is 5. The van der Waals surface area contributed by atoms with Gasteiger partial charge in [0.05, 0.1) is 0 Å². The van der Waals surface area contributed by atoms with Gasteiger partial charge in [-0.2, -0.15) is 0 Å². The highest BCUT2D eigenvalue weighted by Crippen LogP contribution is 2.28. The average Bonchev–Trinajstić information content (AvgIpc) is 2.76. The Hall–Kier alpha value is -2.28. The zero-order valence-electron chi connectivity index (χ0n) is 19.2. The topological polar surface area (TPSA) is 54.4 Å². The summed E-state index contributed by atoms with van der Waals surface area (Å²) < 4.78 is 0. The van der Waals surface area contributed by atoms with E-state index in [1.54, 1.807) is 0 Å². The predicted octanol–water partition coefficient (Wildman–Crippen LogP) is 1.64. The number of carbonyl (C=O) groups excluding carboxylic acids is 1. The van der Waals surface area contributed by atoms with Gasteiger partial charge in [-0.15, -0.1) is 0 Å². The molecule has 1 N–H and O–H groups in total. The summed E-state index contributed by atoms with van der Waals surface area (Å²) in [5.41, 5.74) is 2.63. The summed E-state index contributed by atoms with van der Waals surface area (Å²) in [5, 5.41) is 3.56. The van der Waals surface area contributed by atoms with E-state index in [1.807, 2.05) is 7.05 Å². The molecule has 0 spiro atoms. The van der Waals surface area contributed by atoms with Crippen LogP contribution in [0.25, 0.3) is 0 Å². The molecule has 1 aliphatic carbocycles. The minimum Gasteiger partial charge on any atom is -0.368 e. The highest BCUT2D eigenvalue weighted by Gasteiger charge is 2.31. The third-order valence-electron chi connectivity index (χ3n) is 7.01. The molecule has 1 aromatic carbocycles. The fourth-order valence-corrected chi connectivity index (χ4v) is 4.76. The summed E-state index contributed by atoms with van der Waals surface area (Å²) in [6.45, 7) is 11.7. The molecule has 1 amide bonds. The molecular weight excluding hydrogens is 388 g/mol. The van der Waals surface area contributed by atoms with Crippen LogP contribution in [-0.2, 0) is 4.79 Å². The SMILES string of the molecule is CN=C(NCCN1CCN(C(=O)C2CCC2)CC1)N1CCN(c2cccc(C)c2)CC1. The van der Waals surface area contributed by atoms with Crippen LogP contribution in [0.1, 0.15) is 24.8 Å². The first-order valence-electron chi connectivity index (χ1n) is 11.9. The molecular formula is C24H38N6O. The maximum absolute atomic E-state index is 12.4. The smallest absolute Gasteiger partial charge is 0.225 e. The van der Waals surface area contributed by atoms with Gasteiger partial charge in [0, 0.05) is 84.1 Å².